The molecule has 0 atom stereocenters. The Bertz CT molecular complexity index is 816. The first-order chi connectivity index (χ1) is 13.4. The first-order valence-electron chi connectivity index (χ1n) is 9.83. The molecule has 0 saturated carbocycles. The summed E-state index contributed by atoms with van der Waals surface area (Å²) in [6.07, 6.45) is 3.87. The second-order valence-electron chi connectivity index (χ2n) is 7.87. The van der Waals surface area contributed by atoms with Gasteiger partial charge in [-0.2, -0.15) is 0 Å². The average Bonchev–Trinajstić information content (AvgIpc) is 2.70. The average molecular weight is 387 g/mol. The van der Waals surface area contributed by atoms with E-state index in [0.717, 1.165) is 16.6 Å². The van der Waals surface area contributed by atoms with Crippen LogP contribution in [0, 0.1) is 5.92 Å². The molecule has 7 heteroatoms. The summed E-state index contributed by atoms with van der Waals surface area (Å²) >= 11 is 0. The van der Waals surface area contributed by atoms with E-state index in [-0.39, 0.29) is 6.09 Å². The van der Waals surface area contributed by atoms with Gasteiger partial charge in [-0.3, -0.25) is 4.98 Å². The minimum absolute atomic E-state index is 0.285. The maximum atomic E-state index is 12.1. The van der Waals surface area contributed by atoms with E-state index in [4.69, 9.17) is 9.47 Å². The standard InChI is InChI=1S/C21H29N3O4/c1-15(2)14-28-20(25)24-12-9-21(26,10-13-24)8-6-16-7-11-22-17-4-5-18(27-3)23-19(16)17/h4-5,7,11,15,26H,6,8-10,12-14H2,1-3H3. The van der Waals surface area contributed by atoms with Gasteiger partial charge >= 0.3 is 6.09 Å². The number of hydrogen-bond acceptors (Lipinski definition) is 6. The number of methoxy groups -OCH3 is 1. The number of likely N-dealkylation sites (tertiary alicyclic amines) is 1. The number of carbonyl (C=O) groups is 1. The zero-order chi connectivity index (χ0) is 20.1. The van der Waals surface area contributed by atoms with Gasteiger partial charge in [-0.1, -0.05) is 13.8 Å². The fourth-order valence-electron chi connectivity index (χ4n) is 3.43. The number of pyridine rings is 2. The van der Waals surface area contributed by atoms with Crippen LogP contribution in [-0.2, 0) is 11.2 Å². The lowest BCUT2D eigenvalue weighted by Crippen LogP contribution is -2.47. The molecule has 3 heterocycles. The van der Waals surface area contributed by atoms with Gasteiger partial charge in [0, 0.05) is 25.4 Å². The number of carbonyl (C=O) groups excluding carboxylic acids is 1. The van der Waals surface area contributed by atoms with Gasteiger partial charge in [-0.05, 0) is 49.3 Å². The maximum absolute atomic E-state index is 12.1. The number of amides is 1. The van der Waals surface area contributed by atoms with Gasteiger partial charge in [0.2, 0.25) is 5.88 Å². The summed E-state index contributed by atoms with van der Waals surface area (Å²) in [6.45, 7) is 5.46. The summed E-state index contributed by atoms with van der Waals surface area (Å²) in [7, 11) is 1.59. The van der Waals surface area contributed by atoms with Crippen LogP contribution in [0.25, 0.3) is 11.0 Å². The van der Waals surface area contributed by atoms with Gasteiger partial charge in [-0.25, -0.2) is 9.78 Å². The van der Waals surface area contributed by atoms with Crippen LogP contribution in [-0.4, -0.2) is 58.5 Å². The highest BCUT2D eigenvalue weighted by Crippen LogP contribution is 2.29. The second kappa shape index (κ2) is 8.73. The molecule has 28 heavy (non-hydrogen) atoms. The molecule has 7 nitrogen and oxygen atoms in total. The van der Waals surface area contributed by atoms with Crippen molar-refractivity contribution in [2.24, 2.45) is 5.92 Å². The summed E-state index contributed by atoms with van der Waals surface area (Å²) in [5, 5.41) is 11.0. The van der Waals surface area contributed by atoms with Crippen molar-refractivity contribution >= 4 is 17.1 Å². The highest BCUT2D eigenvalue weighted by Gasteiger charge is 2.34. The molecule has 2 aromatic rings. The van der Waals surface area contributed by atoms with Crippen molar-refractivity contribution < 1.29 is 19.4 Å². The summed E-state index contributed by atoms with van der Waals surface area (Å²) < 4.78 is 10.5. The van der Waals surface area contributed by atoms with E-state index in [2.05, 4.69) is 9.97 Å². The smallest absolute Gasteiger partial charge is 0.409 e. The highest BCUT2D eigenvalue weighted by atomic mass is 16.6. The molecule has 0 aromatic carbocycles. The molecule has 1 N–H and O–H groups in total. The van der Waals surface area contributed by atoms with Gasteiger partial charge in [-0.15, -0.1) is 0 Å². The first kappa shape index (κ1) is 20.3. The Hall–Kier alpha value is -2.41. The Kier molecular flexibility index (Phi) is 6.34. The molecule has 0 unspecified atom stereocenters. The van der Waals surface area contributed by atoms with Crippen LogP contribution in [0.3, 0.4) is 0 Å². The van der Waals surface area contributed by atoms with E-state index >= 15 is 0 Å². The van der Waals surface area contributed by atoms with Gasteiger partial charge in [0.15, 0.2) is 0 Å². The topological polar surface area (TPSA) is 84.8 Å². The number of hydrogen-bond donors (Lipinski definition) is 1. The fourth-order valence-corrected chi connectivity index (χ4v) is 3.43. The normalized spacial score (nSPS) is 16.4. The van der Waals surface area contributed by atoms with Gasteiger partial charge in [0.1, 0.15) is 0 Å². The molecule has 0 bridgehead atoms. The van der Waals surface area contributed by atoms with E-state index in [0.29, 0.717) is 57.2 Å². The third kappa shape index (κ3) is 4.90. The first-order valence-corrected chi connectivity index (χ1v) is 9.83. The molecule has 2 aromatic heterocycles. The lowest BCUT2D eigenvalue weighted by molar-refractivity contribution is -0.0268. The second-order valence-corrected chi connectivity index (χ2v) is 7.87. The lowest BCUT2D eigenvalue weighted by atomic mass is 9.86. The van der Waals surface area contributed by atoms with Crippen LogP contribution < -0.4 is 4.74 Å². The molecule has 0 aliphatic carbocycles. The van der Waals surface area contributed by atoms with Crippen molar-refractivity contribution in [2.45, 2.75) is 45.1 Å². The molecule has 3 rings (SSSR count). The predicted octanol–water partition coefficient (Wildman–Crippen LogP) is 3.19. The maximum Gasteiger partial charge on any atom is 0.409 e. The van der Waals surface area contributed by atoms with Crippen LogP contribution in [0.15, 0.2) is 24.4 Å². The molecule has 1 aliphatic rings. The molecule has 0 spiro atoms. The summed E-state index contributed by atoms with van der Waals surface area (Å²) in [6, 6.07) is 5.62. The Morgan fingerprint density at radius 3 is 2.71 bits per heavy atom. The van der Waals surface area contributed by atoms with Crippen molar-refractivity contribution in [3.8, 4) is 5.88 Å². The number of rotatable bonds is 6. The third-order valence-electron chi connectivity index (χ3n) is 5.20. The molecule has 1 aliphatic heterocycles. The Labute approximate surface area is 165 Å². The number of ether oxygens (including phenoxy) is 2. The van der Waals surface area contributed by atoms with Crippen molar-refractivity contribution in [3.05, 3.63) is 30.0 Å². The highest BCUT2D eigenvalue weighted by molar-refractivity contribution is 5.78. The number of piperidine rings is 1. The minimum Gasteiger partial charge on any atom is -0.481 e. The lowest BCUT2D eigenvalue weighted by Gasteiger charge is -2.37. The Morgan fingerprint density at radius 2 is 2.04 bits per heavy atom. The number of aryl methyl sites for hydroxylation is 1. The molecule has 1 amide bonds. The summed E-state index contributed by atoms with van der Waals surface area (Å²) in [4.78, 5) is 22.6. The van der Waals surface area contributed by atoms with E-state index in [1.807, 2.05) is 26.0 Å². The zero-order valence-corrected chi connectivity index (χ0v) is 16.9. The third-order valence-corrected chi connectivity index (χ3v) is 5.20. The molecule has 152 valence electrons. The monoisotopic (exact) mass is 387 g/mol. The van der Waals surface area contributed by atoms with Gasteiger partial charge in [0.05, 0.1) is 30.4 Å². The molecule has 0 radical (unpaired) electrons. The van der Waals surface area contributed by atoms with Gasteiger partial charge < -0.3 is 19.5 Å². The van der Waals surface area contributed by atoms with Crippen molar-refractivity contribution in [1.29, 1.82) is 0 Å². The minimum atomic E-state index is -0.788. The molecular formula is C21H29N3O4. The van der Waals surface area contributed by atoms with Crippen LogP contribution >= 0.6 is 0 Å². The van der Waals surface area contributed by atoms with Crippen LogP contribution in [0.4, 0.5) is 4.79 Å². The van der Waals surface area contributed by atoms with Crippen LogP contribution in [0.5, 0.6) is 5.88 Å². The largest absolute Gasteiger partial charge is 0.481 e. The van der Waals surface area contributed by atoms with Crippen LogP contribution in [0.2, 0.25) is 0 Å². The van der Waals surface area contributed by atoms with Crippen molar-refractivity contribution in [3.63, 3.8) is 0 Å². The fraction of sp³-hybridized carbons (Fsp3) is 0.571. The predicted molar refractivity (Wildman–Crippen MR) is 106 cm³/mol. The molecule has 1 saturated heterocycles. The molecular weight excluding hydrogens is 358 g/mol. The molecule has 1 fully saturated rings. The number of aliphatic hydroxyl groups is 1. The Balaban J connectivity index is 1.59. The van der Waals surface area contributed by atoms with E-state index < -0.39 is 5.60 Å². The van der Waals surface area contributed by atoms with Crippen molar-refractivity contribution in [1.82, 2.24) is 14.9 Å². The van der Waals surface area contributed by atoms with Crippen LogP contribution in [0.1, 0.15) is 38.7 Å². The van der Waals surface area contributed by atoms with Gasteiger partial charge in [0.25, 0.3) is 0 Å². The SMILES string of the molecule is COc1ccc2nccc(CCC3(O)CCN(C(=O)OCC(C)C)CC3)c2n1. The Morgan fingerprint density at radius 1 is 1.29 bits per heavy atom. The van der Waals surface area contributed by atoms with E-state index in [1.54, 1.807) is 24.3 Å². The number of nitrogens with zero attached hydrogens (tertiary/aromatic N) is 3. The number of aromatic nitrogens is 2. The van der Waals surface area contributed by atoms with Crippen molar-refractivity contribution in [2.75, 3.05) is 26.8 Å². The van der Waals surface area contributed by atoms with E-state index in [1.165, 1.54) is 0 Å². The van der Waals surface area contributed by atoms with E-state index in [9.17, 15) is 9.90 Å². The number of fused-ring (bicyclic) bond motifs is 1. The summed E-state index contributed by atoms with van der Waals surface area (Å²) in [5.41, 5.74) is 1.87. The zero-order valence-electron chi connectivity index (χ0n) is 16.9. The summed E-state index contributed by atoms with van der Waals surface area (Å²) in [5.74, 6) is 0.863. The quantitative estimate of drug-likeness (QED) is 0.819.